The molecule has 1 aromatic rings. The molecule has 4 rings (SSSR count). The molecule has 0 spiro atoms. The lowest BCUT2D eigenvalue weighted by atomic mass is 9.74. The number of fused-ring (bicyclic) bond motifs is 1. The molecule has 29 heavy (non-hydrogen) atoms. The highest BCUT2D eigenvalue weighted by Gasteiger charge is 2.57. The van der Waals surface area contributed by atoms with Crippen molar-refractivity contribution in [2.75, 3.05) is 40.5 Å². The number of amides is 1. The average Bonchev–Trinajstić information content (AvgIpc) is 3.39. The van der Waals surface area contributed by atoms with Gasteiger partial charge in [-0.25, -0.2) is 0 Å². The van der Waals surface area contributed by atoms with Crippen molar-refractivity contribution in [3.63, 3.8) is 0 Å². The molecular formula is C22H29NO6. The number of carboxylic acids is 1. The fraction of sp³-hybridized carbons (Fsp3) is 0.636. The third-order valence-corrected chi connectivity index (χ3v) is 7.22. The van der Waals surface area contributed by atoms with E-state index in [0.717, 1.165) is 31.2 Å². The average molecular weight is 403 g/mol. The third-order valence-electron chi connectivity index (χ3n) is 7.22. The molecule has 1 aliphatic carbocycles. The van der Waals surface area contributed by atoms with Crippen LogP contribution in [-0.2, 0) is 19.7 Å². The molecule has 7 heteroatoms. The highest BCUT2D eigenvalue weighted by molar-refractivity contribution is 5.90. The molecular weight excluding hydrogens is 374 g/mol. The maximum atomic E-state index is 13.9. The summed E-state index contributed by atoms with van der Waals surface area (Å²) in [6.07, 6.45) is 3.94. The molecule has 0 radical (unpaired) electrons. The molecule has 2 atom stereocenters. The first-order chi connectivity index (χ1) is 14.0. The van der Waals surface area contributed by atoms with E-state index < -0.39 is 16.8 Å². The maximum Gasteiger partial charge on any atom is 0.311 e. The Bertz CT molecular complexity index is 802. The molecule has 0 bridgehead atoms. The van der Waals surface area contributed by atoms with Crippen molar-refractivity contribution in [1.82, 2.24) is 4.90 Å². The summed E-state index contributed by atoms with van der Waals surface area (Å²) in [7, 11) is 3.18. The van der Waals surface area contributed by atoms with Gasteiger partial charge in [-0.2, -0.15) is 0 Å². The third kappa shape index (κ3) is 3.06. The molecule has 1 N–H and O–H groups in total. The summed E-state index contributed by atoms with van der Waals surface area (Å²) in [6.45, 7) is 1.55. The molecule has 3 fully saturated rings. The summed E-state index contributed by atoms with van der Waals surface area (Å²) in [4.78, 5) is 27.8. The second-order valence-corrected chi connectivity index (χ2v) is 8.53. The van der Waals surface area contributed by atoms with Gasteiger partial charge in [0, 0.05) is 25.6 Å². The molecule has 1 aromatic carbocycles. The molecule has 3 aliphatic rings. The van der Waals surface area contributed by atoms with Crippen LogP contribution in [0.4, 0.5) is 0 Å². The second kappa shape index (κ2) is 7.52. The molecule has 1 saturated carbocycles. The zero-order valence-corrected chi connectivity index (χ0v) is 17.1. The van der Waals surface area contributed by atoms with Gasteiger partial charge in [0.25, 0.3) is 0 Å². The van der Waals surface area contributed by atoms with E-state index in [1.165, 1.54) is 0 Å². The van der Waals surface area contributed by atoms with Crippen LogP contribution in [0.5, 0.6) is 11.5 Å². The summed E-state index contributed by atoms with van der Waals surface area (Å²) in [6, 6.07) is 5.70. The summed E-state index contributed by atoms with van der Waals surface area (Å²) in [5, 5.41) is 9.95. The normalized spacial score (nSPS) is 28.1. The standard InChI is InChI=1S/C22H29NO6/c1-27-17-6-5-15(11-18(17)28-2)21(7-3-4-8-21)19(24)23-12-16-13-29-10-9-22(16,14-23)20(25)26/h5-6,11,16H,3-4,7-10,12-14H2,1-2H3,(H,25,26)/t16-,22+/m1/s1. The van der Waals surface area contributed by atoms with E-state index in [-0.39, 0.29) is 18.4 Å². The number of carbonyl (C=O) groups is 2. The van der Waals surface area contributed by atoms with Gasteiger partial charge in [-0.15, -0.1) is 0 Å². The quantitative estimate of drug-likeness (QED) is 0.813. The Morgan fingerprint density at radius 3 is 2.48 bits per heavy atom. The van der Waals surface area contributed by atoms with Gasteiger partial charge in [-0.3, -0.25) is 9.59 Å². The van der Waals surface area contributed by atoms with Crippen LogP contribution >= 0.6 is 0 Å². The fourth-order valence-corrected chi connectivity index (χ4v) is 5.50. The maximum absolute atomic E-state index is 13.9. The Kier molecular flexibility index (Phi) is 5.19. The Morgan fingerprint density at radius 2 is 1.86 bits per heavy atom. The van der Waals surface area contributed by atoms with Crippen molar-refractivity contribution in [2.24, 2.45) is 11.3 Å². The van der Waals surface area contributed by atoms with Gasteiger partial charge in [0.15, 0.2) is 11.5 Å². The number of ether oxygens (including phenoxy) is 3. The number of benzene rings is 1. The van der Waals surface area contributed by atoms with E-state index in [1.54, 1.807) is 19.1 Å². The lowest BCUT2D eigenvalue weighted by molar-refractivity contribution is -0.157. The van der Waals surface area contributed by atoms with Crippen molar-refractivity contribution >= 4 is 11.9 Å². The van der Waals surface area contributed by atoms with E-state index in [0.29, 0.717) is 37.7 Å². The number of carboxylic acid groups (broad SMARTS) is 1. The van der Waals surface area contributed by atoms with Crippen molar-refractivity contribution in [1.29, 1.82) is 0 Å². The zero-order valence-electron chi connectivity index (χ0n) is 17.1. The van der Waals surface area contributed by atoms with Crippen molar-refractivity contribution in [3.8, 4) is 11.5 Å². The number of hydrogen-bond donors (Lipinski definition) is 1. The monoisotopic (exact) mass is 403 g/mol. The zero-order chi connectivity index (χ0) is 20.6. The minimum atomic E-state index is -0.884. The van der Waals surface area contributed by atoms with E-state index in [4.69, 9.17) is 14.2 Å². The largest absolute Gasteiger partial charge is 0.493 e. The van der Waals surface area contributed by atoms with Crippen LogP contribution < -0.4 is 9.47 Å². The predicted molar refractivity (Wildman–Crippen MR) is 105 cm³/mol. The van der Waals surface area contributed by atoms with Crippen LogP contribution in [0.3, 0.4) is 0 Å². The Morgan fingerprint density at radius 1 is 1.14 bits per heavy atom. The number of nitrogens with zero attached hydrogens (tertiary/aromatic N) is 1. The molecule has 2 saturated heterocycles. The number of rotatable bonds is 5. The van der Waals surface area contributed by atoms with Crippen LogP contribution in [-0.4, -0.2) is 62.4 Å². The molecule has 2 aliphatic heterocycles. The molecule has 0 unspecified atom stereocenters. The van der Waals surface area contributed by atoms with Crippen molar-refractivity contribution < 1.29 is 28.9 Å². The van der Waals surface area contributed by atoms with Gasteiger partial charge in [0.1, 0.15) is 0 Å². The van der Waals surface area contributed by atoms with Crippen molar-refractivity contribution in [2.45, 2.75) is 37.5 Å². The topological polar surface area (TPSA) is 85.3 Å². The number of aliphatic carboxylic acids is 1. The predicted octanol–water partition coefficient (Wildman–Crippen LogP) is 2.47. The van der Waals surface area contributed by atoms with Crippen LogP contribution in [0.2, 0.25) is 0 Å². The summed E-state index contributed by atoms with van der Waals surface area (Å²) in [5.41, 5.74) is -0.591. The number of likely N-dealkylation sites (tertiary alicyclic amines) is 1. The minimum absolute atomic E-state index is 0.0391. The van der Waals surface area contributed by atoms with E-state index in [1.807, 2.05) is 18.2 Å². The molecule has 2 heterocycles. The lowest BCUT2D eigenvalue weighted by Crippen LogP contribution is -2.47. The van der Waals surface area contributed by atoms with E-state index >= 15 is 0 Å². The van der Waals surface area contributed by atoms with Gasteiger partial charge >= 0.3 is 5.97 Å². The lowest BCUT2D eigenvalue weighted by Gasteiger charge is -2.35. The Balaban J connectivity index is 1.68. The summed E-state index contributed by atoms with van der Waals surface area (Å²) < 4.78 is 16.4. The smallest absolute Gasteiger partial charge is 0.311 e. The second-order valence-electron chi connectivity index (χ2n) is 8.53. The number of carbonyl (C=O) groups excluding carboxylic acids is 1. The first-order valence-corrected chi connectivity index (χ1v) is 10.3. The Hall–Kier alpha value is -2.28. The fourth-order valence-electron chi connectivity index (χ4n) is 5.50. The van der Waals surface area contributed by atoms with Gasteiger partial charge in [-0.05, 0) is 37.0 Å². The van der Waals surface area contributed by atoms with E-state index in [9.17, 15) is 14.7 Å². The SMILES string of the molecule is COc1ccc(C2(C(=O)N3C[C@@H]4COCC[C@]4(C(=O)O)C3)CCCC2)cc1OC. The van der Waals surface area contributed by atoms with Gasteiger partial charge < -0.3 is 24.2 Å². The molecule has 7 nitrogen and oxygen atoms in total. The highest BCUT2D eigenvalue weighted by atomic mass is 16.5. The first kappa shape index (κ1) is 20.0. The molecule has 0 aromatic heterocycles. The number of hydrogen-bond acceptors (Lipinski definition) is 5. The van der Waals surface area contributed by atoms with Gasteiger partial charge in [-0.1, -0.05) is 18.9 Å². The van der Waals surface area contributed by atoms with Crippen molar-refractivity contribution in [3.05, 3.63) is 23.8 Å². The van der Waals surface area contributed by atoms with Crippen LogP contribution in [0.25, 0.3) is 0 Å². The van der Waals surface area contributed by atoms with Crippen LogP contribution in [0.1, 0.15) is 37.7 Å². The van der Waals surface area contributed by atoms with Crippen LogP contribution in [0, 0.1) is 11.3 Å². The van der Waals surface area contributed by atoms with E-state index in [2.05, 4.69) is 0 Å². The Labute approximate surface area is 170 Å². The minimum Gasteiger partial charge on any atom is -0.493 e. The summed E-state index contributed by atoms with van der Waals surface area (Å²) >= 11 is 0. The number of methoxy groups -OCH3 is 2. The molecule has 1 amide bonds. The summed E-state index contributed by atoms with van der Waals surface area (Å²) in [5.74, 6) is 0.312. The first-order valence-electron chi connectivity index (χ1n) is 10.3. The van der Waals surface area contributed by atoms with Gasteiger partial charge in [0.05, 0.1) is 31.7 Å². The van der Waals surface area contributed by atoms with Gasteiger partial charge in [0.2, 0.25) is 5.91 Å². The molecule has 158 valence electrons. The van der Waals surface area contributed by atoms with Crippen LogP contribution in [0.15, 0.2) is 18.2 Å². The highest BCUT2D eigenvalue weighted by Crippen LogP contribution is 2.48.